The van der Waals surface area contributed by atoms with Gasteiger partial charge in [0.1, 0.15) is 0 Å². The molecule has 27 heavy (non-hydrogen) atoms. The number of ketones is 2. The predicted octanol–water partition coefficient (Wildman–Crippen LogP) is 5.22. The van der Waals surface area contributed by atoms with Gasteiger partial charge in [0, 0.05) is 22.3 Å². The minimum absolute atomic E-state index is 0.0114. The monoisotopic (exact) mass is 378 g/mol. The Balaban J connectivity index is 1.89. The molecule has 0 radical (unpaired) electrons. The van der Waals surface area contributed by atoms with E-state index in [-0.39, 0.29) is 17.5 Å². The molecule has 2 aliphatic carbocycles. The average molecular weight is 378 g/mol. The van der Waals surface area contributed by atoms with E-state index >= 15 is 0 Å². The minimum Gasteiger partial charge on any atom is -0.390 e. The number of Topliss-reactive ketones (excluding diaryl/α,β-unsaturated/α-hetero) is 2. The van der Waals surface area contributed by atoms with Crippen LogP contribution in [0.5, 0.6) is 0 Å². The molecule has 2 rings (SSSR count). The average Bonchev–Trinajstić information content (AvgIpc) is 3.24. The smallest absolute Gasteiger partial charge is 0.266 e. The summed E-state index contributed by atoms with van der Waals surface area (Å²) < 4.78 is 24.0. The van der Waals surface area contributed by atoms with Gasteiger partial charge < -0.3 is 5.11 Å². The standard InChI is InChI=1S/C22H28F2O3/c1-13(7-5-9-19(23)24)8-6-10-22(27)12-17(22)11-18-16(4)20(25)14(2)15(3)21(18)26/h8-9,17,27H,5-7,10-12H2,1-4H3/b13-8+/t17?,22-/m0/s1. The van der Waals surface area contributed by atoms with Crippen LogP contribution >= 0.6 is 0 Å². The third-order valence-corrected chi connectivity index (χ3v) is 5.87. The van der Waals surface area contributed by atoms with Crippen LogP contribution < -0.4 is 0 Å². The van der Waals surface area contributed by atoms with Gasteiger partial charge >= 0.3 is 0 Å². The van der Waals surface area contributed by atoms with Gasteiger partial charge in [0.15, 0.2) is 11.6 Å². The zero-order chi connectivity index (χ0) is 20.4. The fourth-order valence-electron chi connectivity index (χ4n) is 3.66. The summed E-state index contributed by atoms with van der Waals surface area (Å²) in [7, 11) is 0. The number of hydrogen-bond acceptors (Lipinski definition) is 3. The number of rotatable bonds is 8. The van der Waals surface area contributed by atoms with Crippen LogP contribution in [0.15, 0.2) is 46.1 Å². The molecular formula is C22H28F2O3. The van der Waals surface area contributed by atoms with E-state index in [1.165, 1.54) is 0 Å². The highest BCUT2D eigenvalue weighted by molar-refractivity contribution is 6.24. The Labute approximate surface area is 159 Å². The van der Waals surface area contributed by atoms with Crippen LogP contribution in [-0.2, 0) is 9.59 Å². The summed E-state index contributed by atoms with van der Waals surface area (Å²) in [4.78, 5) is 24.7. The van der Waals surface area contributed by atoms with Crippen LogP contribution in [0.4, 0.5) is 8.78 Å². The topological polar surface area (TPSA) is 54.4 Å². The van der Waals surface area contributed by atoms with Gasteiger partial charge in [0.2, 0.25) is 0 Å². The van der Waals surface area contributed by atoms with Crippen molar-refractivity contribution in [1.82, 2.24) is 0 Å². The molecule has 1 fully saturated rings. The summed E-state index contributed by atoms with van der Waals surface area (Å²) in [6.45, 7) is 6.94. The Kier molecular flexibility index (Phi) is 6.68. The van der Waals surface area contributed by atoms with Crippen LogP contribution in [0.25, 0.3) is 0 Å². The molecule has 0 bridgehead atoms. The molecule has 5 heteroatoms. The van der Waals surface area contributed by atoms with Gasteiger partial charge in [-0.25, -0.2) is 0 Å². The first-order chi connectivity index (χ1) is 12.6. The molecule has 148 valence electrons. The van der Waals surface area contributed by atoms with Gasteiger partial charge in [-0.1, -0.05) is 11.6 Å². The van der Waals surface area contributed by atoms with E-state index < -0.39 is 11.7 Å². The fourth-order valence-corrected chi connectivity index (χ4v) is 3.66. The molecular weight excluding hydrogens is 350 g/mol. The molecule has 0 aliphatic heterocycles. The minimum atomic E-state index is -1.65. The summed E-state index contributed by atoms with van der Waals surface area (Å²) in [5.74, 6) is -0.172. The maximum absolute atomic E-state index is 12.5. The SMILES string of the molecule is CC1=C(C)C(=O)C(CC2C[C@@]2(O)CC/C=C(\C)CCC=C(F)F)=C(C)C1=O. The summed E-state index contributed by atoms with van der Waals surface area (Å²) in [6.07, 6.45) is 4.43. The Bertz CT molecular complexity index is 766. The Hall–Kier alpha value is -1.88. The lowest BCUT2D eigenvalue weighted by atomic mass is 9.83. The lowest BCUT2D eigenvalue weighted by Gasteiger charge is -2.19. The number of carbonyl (C=O) groups excluding carboxylic acids is 2. The van der Waals surface area contributed by atoms with Crippen molar-refractivity contribution in [2.75, 3.05) is 0 Å². The zero-order valence-electron chi connectivity index (χ0n) is 16.5. The molecule has 0 saturated heterocycles. The summed E-state index contributed by atoms with van der Waals surface area (Å²) in [6, 6.07) is 0. The van der Waals surface area contributed by atoms with E-state index in [0.29, 0.717) is 60.8 Å². The second kappa shape index (κ2) is 8.42. The first kappa shape index (κ1) is 21.4. The molecule has 2 aliphatic rings. The van der Waals surface area contributed by atoms with Crippen LogP contribution in [0.2, 0.25) is 0 Å². The maximum atomic E-state index is 12.5. The van der Waals surface area contributed by atoms with Gasteiger partial charge in [0.25, 0.3) is 6.08 Å². The molecule has 0 spiro atoms. The van der Waals surface area contributed by atoms with Crippen LogP contribution in [-0.4, -0.2) is 22.3 Å². The quantitative estimate of drug-likeness (QED) is 0.465. The van der Waals surface area contributed by atoms with Crippen molar-refractivity contribution in [2.45, 2.75) is 71.8 Å². The van der Waals surface area contributed by atoms with Crippen LogP contribution in [0.1, 0.15) is 66.2 Å². The Morgan fingerprint density at radius 2 is 1.70 bits per heavy atom. The third-order valence-electron chi connectivity index (χ3n) is 5.87. The third kappa shape index (κ3) is 5.10. The van der Waals surface area contributed by atoms with Crippen molar-refractivity contribution >= 4 is 11.6 Å². The highest BCUT2D eigenvalue weighted by Gasteiger charge is 2.52. The second-order valence-electron chi connectivity index (χ2n) is 7.84. The normalized spacial score (nSPS) is 26.0. The van der Waals surface area contributed by atoms with Crippen molar-refractivity contribution in [2.24, 2.45) is 5.92 Å². The summed E-state index contributed by atoms with van der Waals surface area (Å²) in [5, 5.41) is 10.7. The largest absolute Gasteiger partial charge is 0.390 e. The lowest BCUT2D eigenvalue weighted by Crippen LogP contribution is -2.22. The van der Waals surface area contributed by atoms with Gasteiger partial charge in [-0.15, -0.1) is 0 Å². The van der Waals surface area contributed by atoms with Gasteiger partial charge in [-0.3, -0.25) is 9.59 Å². The number of hydrogen-bond donors (Lipinski definition) is 1. The molecule has 0 heterocycles. The summed E-state index contributed by atoms with van der Waals surface area (Å²) >= 11 is 0. The fraction of sp³-hybridized carbons (Fsp3) is 0.545. The second-order valence-corrected chi connectivity index (χ2v) is 7.84. The highest BCUT2D eigenvalue weighted by Crippen LogP contribution is 2.51. The van der Waals surface area contributed by atoms with Crippen molar-refractivity contribution in [3.05, 3.63) is 46.1 Å². The van der Waals surface area contributed by atoms with E-state index in [1.54, 1.807) is 20.8 Å². The van der Waals surface area contributed by atoms with Crippen LogP contribution in [0.3, 0.4) is 0 Å². The number of halogens is 2. The van der Waals surface area contributed by atoms with Gasteiger partial charge in [0.05, 0.1) is 5.60 Å². The zero-order valence-corrected chi connectivity index (χ0v) is 16.5. The molecule has 1 unspecified atom stereocenters. The van der Waals surface area contributed by atoms with Crippen molar-refractivity contribution in [3.63, 3.8) is 0 Å². The van der Waals surface area contributed by atoms with Crippen molar-refractivity contribution < 1.29 is 23.5 Å². The Morgan fingerprint density at radius 3 is 2.33 bits per heavy atom. The molecule has 3 nitrogen and oxygen atoms in total. The summed E-state index contributed by atoms with van der Waals surface area (Å²) in [5.41, 5.74) is 2.27. The van der Waals surface area contributed by atoms with E-state index in [2.05, 4.69) is 0 Å². The number of carbonyl (C=O) groups is 2. The van der Waals surface area contributed by atoms with E-state index in [4.69, 9.17) is 0 Å². The van der Waals surface area contributed by atoms with Crippen LogP contribution in [0, 0.1) is 5.92 Å². The van der Waals surface area contributed by atoms with E-state index in [1.807, 2.05) is 13.0 Å². The number of allylic oxidation sites excluding steroid dienone is 7. The molecule has 1 saturated carbocycles. The Morgan fingerprint density at radius 1 is 1.07 bits per heavy atom. The molecule has 0 amide bonds. The predicted molar refractivity (Wildman–Crippen MR) is 101 cm³/mol. The first-order valence-corrected chi connectivity index (χ1v) is 9.42. The van der Waals surface area contributed by atoms with E-state index in [0.717, 1.165) is 11.6 Å². The van der Waals surface area contributed by atoms with Gasteiger partial charge in [-0.05, 0) is 78.2 Å². The van der Waals surface area contributed by atoms with Crippen molar-refractivity contribution in [1.29, 1.82) is 0 Å². The van der Waals surface area contributed by atoms with E-state index in [9.17, 15) is 23.5 Å². The molecule has 1 N–H and O–H groups in total. The lowest BCUT2D eigenvalue weighted by molar-refractivity contribution is -0.116. The molecule has 2 atom stereocenters. The molecule has 0 aromatic carbocycles. The molecule has 0 aromatic rings. The van der Waals surface area contributed by atoms with Crippen molar-refractivity contribution in [3.8, 4) is 0 Å². The maximum Gasteiger partial charge on any atom is 0.266 e. The van der Waals surface area contributed by atoms with Gasteiger partial charge in [-0.2, -0.15) is 8.78 Å². The number of aliphatic hydroxyl groups is 1. The molecule has 0 aromatic heterocycles. The first-order valence-electron chi connectivity index (χ1n) is 9.42. The highest BCUT2D eigenvalue weighted by atomic mass is 19.3.